The highest BCUT2D eigenvalue weighted by molar-refractivity contribution is 6.10. The van der Waals surface area contributed by atoms with Crippen molar-refractivity contribution in [3.05, 3.63) is 130 Å². The molecule has 10 heteroatoms. The first-order valence-electron chi connectivity index (χ1n) is 18.5. The smallest absolute Gasteiger partial charge is 0.255 e. The van der Waals surface area contributed by atoms with E-state index in [1.54, 1.807) is 72.2 Å². The first kappa shape index (κ1) is 37.6. The van der Waals surface area contributed by atoms with Gasteiger partial charge in [-0.3, -0.25) is 28.8 Å². The van der Waals surface area contributed by atoms with Crippen LogP contribution in [0.15, 0.2) is 97.1 Å². The van der Waals surface area contributed by atoms with Gasteiger partial charge in [0.2, 0.25) is 11.8 Å². The molecule has 4 aromatic carbocycles. The fraction of sp³-hybridized carbons (Fsp3) is 0.273. The SMILES string of the molecule is CCC(=O)c1ccccc1C(=O)N1CCC[C@H]1C(=O)Nc1ccc(C=Cc2ccc(NC(=O)[C@@H]3CCCN3C(=O)c3ccccc3C(=O)CC)cc2)cc1. The zero-order chi connectivity index (χ0) is 38.2. The van der Waals surface area contributed by atoms with Crippen LogP contribution in [0, 0.1) is 0 Å². The maximum Gasteiger partial charge on any atom is 0.255 e. The molecule has 2 N–H and O–H groups in total. The summed E-state index contributed by atoms with van der Waals surface area (Å²) >= 11 is 0. The minimum atomic E-state index is -0.630. The van der Waals surface area contributed by atoms with Crippen molar-refractivity contribution in [3.8, 4) is 0 Å². The third-order valence-corrected chi connectivity index (χ3v) is 10.0. The van der Waals surface area contributed by atoms with Crippen LogP contribution in [0.1, 0.15) is 105 Å². The van der Waals surface area contributed by atoms with Gasteiger partial charge in [0.15, 0.2) is 11.6 Å². The summed E-state index contributed by atoms with van der Waals surface area (Å²) in [6.45, 7) is 4.41. The molecule has 54 heavy (non-hydrogen) atoms. The summed E-state index contributed by atoms with van der Waals surface area (Å²) in [6.07, 6.45) is 6.94. The molecule has 4 aromatic rings. The van der Waals surface area contributed by atoms with Crippen molar-refractivity contribution in [1.29, 1.82) is 0 Å². The number of Topliss-reactive ketones (excluding diaryl/α,β-unsaturated/α-hetero) is 2. The number of nitrogens with zero attached hydrogens (tertiary/aromatic N) is 2. The Hall–Kier alpha value is -6.16. The monoisotopic (exact) mass is 724 g/mol. The average Bonchev–Trinajstić information content (AvgIpc) is 3.91. The molecule has 0 bridgehead atoms. The molecule has 2 heterocycles. The van der Waals surface area contributed by atoms with Crippen molar-refractivity contribution < 1.29 is 28.8 Å². The van der Waals surface area contributed by atoms with Crippen LogP contribution in [0.4, 0.5) is 11.4 Å². The third-order valence-electron chi connectivity index (χ3n) is 10.0. The van der Waals surface area contributed by atoms with Crippen LogP contribution < -0.4 is 10.6 Å². The lowest BCUT2D eigenvalue weighted by Gasteiger charge is -2.25. The molecule has 276 valence electrons. The Morgan fingerprint density at radius 2 is 0.889 bits per heavy atom. The van der Waals surface area contributed by atoms with Gasteiger partial charge in [-0.25, -0.2) is 0 Å². The number of amides is 4. The molecule has 0 unspecified atom stereocenters. The van der Waals surface area contributed by atoms with E-state index in [4.69, 9.17) is 0 Å². The first-order chi connectivity index (χ1) is 26.2. The molecule has 4 amide bonds. The maximum atomic E-state index is 13.5. The Bertz CT molecular complexity index is 1940. The number of rotatable bonds is 12. The number of carbonyl (C=O) groups excluding carboxylic acids is 6. The Labute approximate surface area is 315 Å². The van der Waals surface area contributed by atoms with Crippen molar-refractivity contribution >= 4 is 58.7 Å². The van der Waals surface area contributed by atoms with E-state index in [-0.39, 0.29) is 35.2 Å². The molecule has 2 saturated heterocycles. The highest BCUT2D eigenvalue weighted by Gasteiger charge is 2.37. The van der Waals surface area contributed by atoms with Crippen molar-refractivity contribution in [3.63, 3.8) is 0 Å². The predicted molar refractivity (Wildman–Crippen MR) is 209 cm³/mol. The van der Waals surface area contributed by atoms with E-state index in [1.165, 1.54) is 0 Å². The van der Waals surface area contributed by atoms with E-state index in [2.05, 4.69) is 10.6 Å². The number of likely N-dealkylation sites (tertiary alicyclic amines) is 2. The molecule has 6 rings (SSSR count). The third kappa shape index (κ3) is 8.39. The molecular weight excluding hydrogens is 681 g/mol. The van der Waals surface area contributed by atoms with Crippen molar-refractivity contribution in [2.45, 2.75) is 64.5 Å². The summed E-state index contributed by atoms with van der Waals surface area (Å²) < 4.78 is 0. The summed E-state index contributed by atoms with van der Waals surface area (Å²) in [5.74, 6) is -1.37. The van der Waals surface area contributed by atoms with Gasteiger partial charge in [-0.05, 0) is 73.2 Å². The zero-order valence-electron chi connectivity index (χ0n) is 30.5. The van der Waals surface area contributed by atoms with E-state index >= 15 is 0 Å². The fourth-order valence-electron chi connectivity index (χ4n) is 7.08. The molecule has 0 aliphatic carbocycles. The van der Waals surface area contributed by atoms with Crippen LogP contribution in [0.2, 0.25) is 0 Å². The van der Waals surface area contributed by atoms with Crippen LogP contribution in [0.5, 0.6) is 0 Å². The summed E-state index contributed by atoms with van der Waals surface area (Å²) in [5.41, 5.74) is 4.46. The largest absolute Gasteiger partial charge is 0.327 e. The molecule has 0 spiro atoms. The van der Waals surface area contributed by atoms with Crippen LogP contribution in [-0.4, -0.2) is 70.2 Å². The molecule has 2 aliphatic heterocycles. The summed E-state index contributed by atoms with van der Waals surface area (Å²) in [4.78, 5) is 81.6. The fourth-order valence-corrected chi connectivity index (χ4v) is 7.08. The molecule has 0 saturated carbocycles. The molecule has 0 radical (unpaired) electrons. The number of hydrogen-bond donors (Lipinski definition) is 2. The van der Waals surface area contributed by atoms with E-state index in [9.17, 15) is 28.8 Å². The van der Waals surface area contributed by atoms with Gasteiger partial charge in [-0.2, -0.15) is 0 Å². The number of nitrogens with one attached hydrogen (secondary N) is 2. The first-order valence-corrected chi connectivity index (χ1v) is 18.5. The van der Waals surface area contributed by atoms with Gasteiger partial charge in [-0.15, -0.1) is 0 Å². The summed E-state index contributed by atoms with van der Waals surface area (Å²) in [6, 6.07) is 27.1. The van der Waals surface area contributed by atoms with E-state index in [0.29, 0.717) is 85.2 Å². The lowest BCUT2D eigenvalue weighted by atomic mass is 10.0. The normalized spacial score (nSPS) is 16.7. The highest BCUT2D eigenvalue weighted by Crippen LogP contribution is 2.26. The minimum absolute atomic E-state index is 0.109. The quantitative estimate of drug-likeness (QED) is 0.115. The topological polar surface area (TPSA) is 133 Å². The predicted octanol–water partition coefficient (Wildman–Crippen LogP) is 7.53. The van der Waals surface area contributed by atoms with Gasteiger partial charge in [0.05, 0.1) is 11.1 Å². The number of ketones is 2. The molecule has 2 fully saturated rings. The number of carbonyl (C=O) groups is 6. The van der Waals surface area contributed by atoms with Crippen LogP contribution >= 0.6 is 0 Å². The second kappa shape index (κ2) is 17.1. The molecule has 2 atom stereocenters. The van der Waals surface area contributed by atoms with Crippen LogP contribution in [0.3, 0.4) is 0 Å². The van der Waals surface area contributed by atoms with E-state index in [0.717, 1.165) is 11.1 Å². The molecule has 0 aromatic heterocycles. The van der Waals surface area contributed by atoms with Crippen molar-refractivity contribution in [2.24, 2.45) is 0 Å². The highest BCUT2D eigenvalue weighted by atomic mass is 16.2. The molecule has 2 aliphatic rings. The van der Waals surface area contributed by atoms with Gasteiger partial charge < -0.3 is 20.4 Å². The van der Waals surface area contributed by atoms with Gasteiger partial charge in [-0.1, -0.05) is 86.7 Å². The summed E-state index contributed by atoms with van der Waals surface area (Å²) in [5, 5.41) is 5.89. The maximum absolute atomic E-state index is 13.5. The summed E-state index contributed by atoms with van der Waals surface area (Å²) in [7, 11) is 0. The molecule has 10 nitrogen and oxygen atoms in total. The number of hydrogen-bond acceptors (Lipinski definition) is 6. The number of benzene rings is 4. The number of anilines is 2. The van der Waals surface area contributed by atoms with Crippen molar-refractivity contribution in [2.75, 3.05) is 23.7 Å². The molecular formula is C44H44N4O6. The van der Waals surface area contributed by atoms with E-state index < -0.39 is 12.1 Å². The lowest BCUT2D eigenvalue weighted by molar-refractivity contribution is -0.120. The minimum Gasteiger partial charge on any atom is -0.327 e. The van der Waals surface area contributed by atoms with Gasteiger partial charge in [0, 0.05) is 48.4 Å². The lowest BCUT2D eigenvalue weighted by Crippen LogP contribution is -2.43. The Morgan fingerprint density at radius 1 is 0.537 bits per heavy atom. The van der Waals surface area contributed by atoms with Crippen LogP contribution in [-0.2, 0) is 9.59 Å². The standard InChI is InChI=1S/C44H44N4O6/c1-3-39(49)33-11-5-7-13-35(33)43(53)47-27-9-15-37(47)41(51)45-31-23-19-29(20-24-31)17-18-30-21-25-32(26-22-30)46-42(52)38-16-10-28-48(38)44(54)36-14-8-6-12-34(36)40(50)4-2/h5-8,11-14,17-26,37-38H,3-4,9-10,15-16,27-28H2,1-2H3,(H,45,51)(H,46,52)/t37-,38-/m0/s1. The Balaban J connectivity index is 1.03. The second-order valence-corrected chi connectivity index (χ2v) is 13.5. The zero-order valence-corrected chi connectivity index (χ0v) is 30.5. The average molecular weight is 725 g/mol. The Morgan fingerprint density at radius 3 is 1.24 bits per heavy atom. The van der Waals surface area contributed by atoms with Gasteiger partial charge in [0.25, 0.3) is 11.8 Å². The Kier molecular flexibility index (Phi) is 11.9. The van der Waals surface area contributed by atoms with Crippen LogP contribution in [0.25, 0.3) is 12.2 Å². The van der Waals surface area contributed by atoms with Gasteiger partial charge >= 0.3 is 0 Å². The van der Waals surface area contributed by atoms with Gasteiger partial charge in [0.1, 0.15) is 12.1 Å². The second-order valence-electron chi connectivity index (χ2n) is 13.5. The van der Waals surface area contributed by atoms with E-state index in [1.807, 2.05) is 60.7 Å². The van der Waals surface area contributed by atoms with Crippen molar-refractivity contribution in [1.82, 2.24) is 9.80 Å².